The summed E-state index contributed by atoms with van der Waals surface area (Å²) in [5.74, 6) is 3.72. The molecule has 6 aromatic carbocycles. The Kier molecular flexibility index (Phi) is 6.62. The van der Waals surface area contributed by atoms with Crippen molar-refractivity contribution < 1.29 is 9.47 Å². The lowest BCUT2D eigenvalue weighted by molar-refractivity contribution is 0.470. The van der Waals surface area contributed by atoms with Gasteiger partial charge in [-0.25, -0.2) is 0 Å². The van der Waals surface area contributed by atoms with Gasteiger partial charge in [0.15, 0.2) is 0 Å². The van der Waals surface area contributed by atoms with E-state index < -0.39 is 0 Å². The number of hydrogen-bond acceptors (Lipinski definition) is 5. The van der Waals surface area contributed by atoms with E-state index in [9.17, 15) is 0 Å². The highest BCUT2D eigenvalue weighted by Gasteiger charge is 2.44. The minimum absolute atomic E-state index is 0.0295. The number of hydrogen-bond donors (Lipinski definition) is 0. The Bertz CT molecular complexity index is 2670. The summed E-state index contributed by atoms with van der Waals surface area (Å²) in [6.07, 6.45) is 0. The molecule has 2 aromatic heterocycles. The fraction of sp³-hybridized carbons (Fsp3) is 0.156. The van der Waals surface area contributed by atoms with Crippen molar-refractivity contribution in [1.29, 1.82) is 0 Å². The molecule has 0 atom stereocenters. The second kappa shape index (κ2) is 11.0. The van der Waals surface area contributed by atoms with E-state index in [1.165, 1.54) is 57.2 Å². The van der Waals surface area contributed by atoms with Crippen molar-refractivity contribution in [2.24, 2.45) is 0 Å². The third kappa shape index (κ3) is 4.69. The lowest BCUT2D eigenvalue weighted by atomic mass is 9.37. The van der Waals surface area contributed by atoms with Gasteiger partial charge >= 0.3 is 0 Å². The van der Waals surface area contributed by atoms with Crippen LogP contribution in [0, 0.1) is 20.8 Å². The van der Waals surface area contributed by atoms with Crippen LogP contribution in [-0.2, 0) is 5.41 Å². The van der Waals surface area contributed by atoms with Crippen LogP contribution >= 0.6 is 22.7 Å². The monoisotopic (exact) mass is 697 g/mol. The quantitative estimate of drug-likeness (QED) is 0.172. The molecule has 6 heteroatoms. The first-order chi connectivity index (χ1) is 24.6. The summed E-state index contributed by atoms with van der Waals surface area (Å²) in [7, 11) is 0. The number of fused-ring (bicyclic) bond motifs is 10. The van der Waals surface area contributed by atoms with Crippen molar-refractivity contribution in [3.05, 3.63) is 131 Å². The van der Waals surface area contributed by atoms with Crippen molar-refractivity contribution in [3.63, 3.8) is 0 Å². The van der Waals surface area contributed by atoms with Gasteiger partial charge in [-0.05, 0) is 103 Å². The predicted molar refractivity (Wildman–Crippen MR) is 220 cm³/mol. The number of benzene rings is 6. The van der Waals surface area contributed by atoms with Crippen LogP contribution in [0.15, 0.2) is 109 Å². The highest BCUT2D eigenvalue weighted by molar-refractivity contribution is 7.33. The van der Waals surface area contributed by atoms with E-state index in [0.29, 0.717) is 0 Å². The molecule has 3 nitrogen and oxygen atoms in total. The molecule has 8 aromatic rings. The van der Waals surface area contributed by atoms with Crippen LogP contribution in [0.5, 0.6) is 23.0 Å². The third-order valence-corrected chi connectivity index (χ3v) is 12.9. The topological polar surface area (TPSA) is 21.7 Å². The average Bonchev–Trinajstić information content (AvgIpc) is 3.68. The fourth-order valence-electron chi connectivity index (χ4n) is 7.88. The smallest absolute Gasteiger partial charge is 0.273 e. The van der Waals surface area contributed by atoms with Gasteiger partial charge in [-0.15, -0.1) is 22.7 Å². The van der Waals surface area contributed by atoms with E-state index >= 15 is 0 Å². The van der Waals surface area contributed by atoms with Crippen LogP contribution in [0.25, 0.3) is 30.3 Å². The van der Waals surface area contributed by atoms with Crippen LogP contribution in [0.3, 0.4) is 0 Å². The number of anilines is 3. The van der Waals surface area contributed by atoms with E-state index in [-0.39, 0.29) is 12.1 Å². The van der Waals surface area contributed by atoms with E-state index in [1.54, 1.807) is 0 Å². The van der Waals surface area contributed by atoms with Gasteiger partial charge in [0.1, 0.15) is 23.0 Å². The van der Waals surface area contributed by atoms with E-state index in [4.69, 9.17) is 9.47 Å². The summed E-state index contributed by atoms with van der Waals surface area (Å²) < 4.78 is 18.9. The molecule has 2 aliphatic rings. The summed E-state index contributed by atoms with van der Waals surface area (Å²) in [5.41, 5.74) is 10.6. The molecule has 51 heavy (non-hydrogen) atoms. The maximum Gasteiger partial charge on any atom is 0.273 e. The molecule has 0 bridgehead atoms. The van der Waals surface area contributed by atoms with E-state index in [0.717, 1.165) is 51.1 Å². The number of thiophene rings is 2. The average molecular weight is 698 g/mol. The maximum atomic E-state index is 7.09. The number of nitrogens with zero attached hydrogens (tertiary/aromatic N) is 1. The molecule has 0 saturated heterocycles. The van der Waals surface area contributed by atoms with Gasteiger partial charge in [0, 0.05) is 47.2 Å². The van der Waals surface area contributed by atoms with E-state index in [2.05, 4.69) is 156 Å². The minimum Gasteiger partial charge on any atom is -0.457 e. The molecule has 0 aliphatic carbocycles. The zero-order valence-corrected chi connectivity index (χ0v) is 31.2. The summed E-state index contributed by atoms with van der Waals surface area (Å²) >= 11 is 3.68. The third-order valence-electron chi connectivity index (χ3n) is 10.5. The van der Waals surface area contributed by atoms with Crippen LogP contribution < -0.4 is 30.1 Å². The lowest BCUT2D eigenvalue weighted by Gasteiger charge is -2.34. The molecule has 0 saturated carbocycles. The molecule has 0 radical (unpaired) electrons. The first-order valence-corrected chi connectivity index (χ1v) is 19.2. The summed E-state index contributed by atoms with van der Waals surface area (Å²) in [6.45, 7) is 13.2. The van der Waals surface area contributed by atoms with Crippen LogP contribution in [0.1, 0.15) is 43.0 Å². The Morgan fingerprint density at radius 1 is 0.608 bits per heavy atom. The summed E-state index contributed by atoms with van der Waals surface area (Å²) in [5, 5.41) is 3.64. The molecule has 2 aliphatic heterocycles. The molecule has 0 fully saturated rings. The number of rotatable bonds is 3. The zero-order valence-electron chi connectivity index (χ0n) is 29.5. The fourth-order valence-corrected chi connectivity index (χ4v) is 10.3. The molecule has 0 amide bonds. The highest BCUT2D eigenvalue weighted by Crippen LogP contribution is 2.51. The first-order valence-electron chi connectivity index (χ1n) is 17.6. The van der Waals surface area contributed by atoms with Crippen molar-refractivity contribution in [2.45, 2.75) is 47.0 Å². The first kappa shape index (κ1) is 30.8. The molecule has 10 rings (SSSR count). The normalized spacial score (nSPS) is 13.2. The molecule has 0 N–H and O–H groups in total. The van der Waals surface area contributed by atoms with Crippen molar-refractivity contribution >= 4 is 92.4 Å². The predicted octanol–water partition coefficient (Wildman–Crippen LogP) is 11.7. The van der Waals surface area contributed by atoms with Gasteiger partial charge in [0.2, 0.25) is 0 Å². The van der Waals surface area contributed by atoms with Crippen LogP contribution in [0.2, 0.25) is 0 Å². The lowest BCUT2D eigenvalue weighted by Crippen LogP contribution is -2.56. The Labute approximate surface area is 306 Å². The Balaban J connectivity index is 1.32. The zero-order chi connectivity index (χ0) is 34.8. The highest BCUT2D eigenvalue weighted by atomic mass is 32.1. The molecular weight excluding hydrogens is 661 g/mol. The summed E-state index contributed by atoms with van der Waals surface area (Å²) in [4.78, 5) is 2.44. The second-order valence-electron chi connectivity index (χ2n) is 15.2. The van der Waals surface area contributed by atoms with Crippen molar-refractivity contribution in [1.82, 2.24) is 0 Å². The van der Waals surface area contributed by atoms with Crippen LogP contribution in [-0.4, -0.2) is 6.71 Å². The second-order valence-corrected chi connectivity index (χ2v) is 17.3. The maximum absolute atomic E-state index is 7.09. The molecular formula is C45H36BNO2S2. The molecule has 248 valence electrons. The van der Waals surface area contributed by atoms with Gasteiger partial charge in [0.05, 0.1) is 10.4 Å². The largest absolute Gasteiger partial charge is 0.457 e. The van der Waals surface area contributed by atoms with Gasteiger partial charge < -0.3 is 14.4 Å². The van der Waals surface area contributed by atoms with E-state index in [1.807, 2.05) is 22.7 Å². The molecule has 0 unspecified atom stereocenters. The Morgan fingerprint density at radius 2 is 1.24 bits per heavy atom. The van der Waals surface area contributed by atoms with Gasteiger partial charge in [-0.2, -0.15) is 0 Å². The number of ether oxygens (including phenoxy) is 2. The Hall–Kier alpha value is -5.04. The molecule has 4 heterocycles. The van der Waals surface area contributed by atoms with Gasteiger partial charge in [0.25, 0.3) is 6.71 Å². The molecule has 0 spiro atoms. The van der Waals surface area contributed by atoms with Crippen molar-refractivity contribution in [2.75, 3.05) is 4.90 Å². The van der Waals surface area contributed by atoms with Crippen molar-refractivity contribution in [3.8, 4) is 23.0 Å². The minimum atomic E-state index is -0.0372. The standard InChI is InChI=1S/C45H36BNO2S2/c1-25-11-16-29(17-12-25)47(30-18-13-26(2)14-19-30)34-24-33-42(43-39(34)31-9-7-8-10-37(31)50-43)49-36-22-27(3)21-35-40(36)46(33)44-41(48-35)32-23-28(45(4,5)6)15-20-38(32)51-44/h7-24H,1-6H3. The van der Waals surface area contributed by atoms with Gasteiger partial charge in [-0.1, -0.05) is 80.4 Å². The van der Waals surface area contributed by atoms with Crippen LogP contribution in [0.4, 0.5) is 17.1 Å². The van der Waals surface area contributed by atoms with Gasteiger partial charge in [-0.3, -0.25) is 0 Å². The Morgan fingerprint density at radius 3 is 1.90 bits per heavy atom. The SMILES string of the molecule is Cc1ccc(N(c2ccc(C)cc2)c2cc3c(c4sc5ccccc5c24)Oc2cc(C)cc4c2B3c2sc3ccc(C(C)(C)C)cc3c2O4)cc1. The summed E-state index contributed by atoms with van der Waals surface area (Å²) in [6, 6.07) is 40.3. The number of aryl methyl sites for hydroxylation is 3.